The van der Waals surface area contributed by atoms with E-state index in [4.69, 9.17) is 5.73 Å². The summed E-state index contributed by atoms with van der Waals surface area (Å²) in [6, 6.07) is 0. The summed E-state index contributed by atoms with van der Waals surface area (Å²) in [6.45, 7) is 4.73. The van der Waals surface area contributed by atoms with Crippen LogP contribution in [0.4, 0.5) is 10.9 Å². The first-order valence-corrected chi connectivity index (χ1v) is 9.66. The Labute approximate surface area is 183 Å². The summed E-state index contributed by atoms with van der Waals surface area (Å²) in [5.41, 5.74) is 6.96. The molecule has 0 atom stereocenters. The van der Waals surface area contributed by atoms with Crippen molar-refractivity contribution in [2.45, 2.75) is 0 Å². The number of nitrogens with two attached hydrogens (primary N) is 1. The third kappa shape index (κ3) is 4.43. The van der Waals surface area contributed by atoms with Gasteiger partial charge < -0.3 is 20.9 Å². The molecular weight excluding hydrogens is 491 g/mol. The van der Waals surface area contributed by atoms with Gasteiger partial charge in [-0.1, -0.05) is 0 Å². The molecule has 150 valence electrons. The number of nitrogens with one attached hydrogen (secondary N) is 1. The van der Waals surface area contributed by atoms with Crippen LogP contribution in [0.1, 0.15) is 0 Å². The Morgan fingerprint density at radius 1 is 1.25 bits per heavy atom. The second-order valence-corrected chi connectivity index (χ2v) is 7.06. The molecule has 1 aliphatic rings. The highest BCUT2D eigenvalue weighted by molar-refractivity contribution is 14.0. The number of fused-ring (bicyclic) bond motifs is 1. The molecule has 0 aromatic carbocycles. The molecule has 1 aliphatic heterocycles. The number of guanidine groups is 1. The van der Waals surface area contributed by atoms with Gasteiger partial charge in [0.1, 0.15) is 12.1 Å². The highest BCUT2D eigenvalue weighted by Crippen LogP contribution is 2.19. The number of nitrogens with zero attached hydrogens (tertiary/aromatic N) is 8. The number of halogens is 1. The average Bonchev–Trinajstić information content (AvgIpc) is 3.36. The lowest BCUT2D eigenvalue weighted by molar-refractivity contribution is 0.381. The standard InChI is InChI=1S/C16H22N10S.HI/c1-24-14-12(10-23-24)13(21-11-22-14)18-2-3-19-15(17)25-5-7-26(8-6-25)16-20-4-9-27-16;/h4,9-11H,2-3,5-8H2,1H3,(H2,17,19)(H,18,21,22);1H. The van der Waals surface area contributed by atoms with Gasteiger partial charge in [-0.2, -0.15) is 5.10 Å². The van der Waals surface area contributed by atoms with Crippen LogP contribution in [-0.2, 0) is 7.05 Å². The van der Waals surface area contributed by atoms with Crippen molar-refractivity contribution in [2.75, 3.05) is 49.5 Å². The molecule has 28 heavy (non-hydrogen) atoms. The monoisotopic (exact) mass is 514 g/mol. The molecule has 1 fully saturated rings. The second kappa shape index (κ2) is 9.32. The fraction of sp³-hybridized carbons (Fsp3) is 0.438. The van der Waals surface area contributed by atoms with Crippen LogP contribution in [0, 0.1) is 0 Å². The van der Waals surface area contributed by atoms with Gasteiger partial charge in [0, 0.05) is 51.3 Å². The van der Waals surface area contributed by atoms with Gasteiger partial charge in [-0.15, -0.1) is 35.3 Å². The molecule has 4 rings (SSSR count). The Bertz CT molecular complexity index is 917. The lowest BCUT2D eigenvalue weighted by Gasteiger charge is -2.35. The van der Waals surface area contributed by atoms with Gasteiger partial charge >= 0.3 is 0 Å². The fourth-order valence-corrected chi connectivity index (χ4v) is 3.74. The van der Waals surface area contributed by atoms with Gasteiger partial charge in [-0.05, 0) is 0 Å². The molecule has 3 aromatic heterocycles. The lowest BCUT2D eigenvalue weighted by atomic mass is 10.3. The zero-order valence-corrected chi connectivity index (χ0v) is 18.7. The van der Waals surface area contributed by atoms with E-state index in [1.54, 1.807) is 22.2 Å². The number of rotatable bonds is 5. The van der Waals surface area contributed by atoms with Crippen molar-refractivity contribution >= 4 is 63.3 Å². The van der Waals surface area contributed by atoms with E-state index in [0.29, 0.717) is 19.0 Å². The van der Waals surface area contributed by atoms with Crippen molar-refractivity contribution in [1.82, 2.24) is 29.6 Å². The summed E-state index contributed by atoms with van der Waals surface area (Å²) in [5, 5.41) is 11.5. The van der Waals surface area contributed by atoms with E-state index >= 15 is 0 Å². The summed E-state index contributed by atoms with van der Waals surface area (Å²) < 4.78 is 1.73. The first kappa shape index (κ1) is 20.5. The van der Waals surface area contributed by atoms with Gasteiger partial charge in [0.2, 0.25) is 0 Å². The molecule has 0 radical (unpaired) electrons. The molecule has 0 unspecified atom stereocenters. The second-order valence-electron chi connectivity index (χ2n) is 6.18. The van der Waals surface area contributed by atoms with E-state index in [0.717, 1.165) is 48.2 Å². The predicted octanol–water partition coefficient (Wildman–Crippen LogP) is 0.987. The van der Waals surface area contributed by atoms with E-state index in [-0.39, 0.29) is 24.0 Å². The highest BCUT2D eigenvalue weighted by Gasteiger charge is 2.19. The zero-order chi connectivity index (χ0) is 18.6. The Morgan fingerprint density at radius 3 is 2.82 bits per heavy atom. The smallest absolute Gasteiger partial charge is 0.191 e. The minimum atomic E-state index is 0. The molecule has 10 nitrogen and oxygen atoms in total. The number of piperazine rings is 1. The van der Waals surface area contributed by atoms with Crippen LogP contribution in [0.5, 0.6) is 0 Å². The molecular formula is C16H23IN10S. The van der Waals surface area contributed by atoms with Crippen LogP contribution >= 0.6 is 35.3 Å². The Hall–Kier alpha value is -2.22. The number of thiazole rings is 1. The quantitative estimate of drug-likeness (QED) is 0.224. The van der Waals surface area contributed by atoms with Crippen LogP contribution in [-0.4, -0.2) is 74.9 Å². The van der Waals surface area contributed by atoms with Crippen LogP contribution in [0.15, 0.2) is 29.1 Å². The van der Waals surface area contributed by atoms with Gasteiger partial charge in [0.05, 0.1) is 18.1 Å². The van der Waals surface area contributed by atoms with E-state index in [1.807, 2.05) is 18.6 Å². The van der Waals surface area contributed by atoms with Crippen molar-refractivity contribution < 1.29 is 0 Å². The van der Waals surface area contributed by atoms with Crippen molar-refractivity contribution in [2.24, 2.45) is 17.8 Å². The summed E-state index contributed by atoms with van der Waals surface area (Å²) in [6.07, 6.45) is 5.13. The molecule has 0 amide bonds. The number of anilines is 2. The fourth-order valence-electron chi connectivity index (χ4n) is 3.05. The van der Waals surface area contributed by atoms with Crippen molar-refractivity contribution in [3.8, 4) is 0 Å². The number of aryl methyl sites for hydroxylation is 1. The molecule has 0 saturated carbocycles. The maximum Gasteiger partial charge on any atom is 0.191 e. The summed E-state index contributed by atoms with van der Waals surface area (Å²) in [7, 11) is 1.86. The summed E-state index contributed by atoms with van der Waals surface area (Å²) >= 11 is 1.67. The van der Waals surface area contributed by atoms with E-state index in [1.165, 1.54) is 6.33 Å². The molecule has 3 N–H and O–H groups in total. The van der Waals surface area contributed by atoms with E-state index in [2.05, 4.69) is 40.2 Å². The van der Waals surface area contributed by atoms with Gasteiger partial charge in [-0.25, -0.2) is 15.0 Å². The van der Waals surface area contributed by atoms with Crippen LogP contribution in [0.25, 0.3) is 11.0 Å². The summed E-state index contributed by atoms with van der Waals surface area (Å²) in [5.74, 6) is 1.35. The maximum atomic E-state index is 6.16. The van der Waals surface area contributed by atoms with Crippen molar-refractivity contribution in [3.63, 3.8) is 0 Å². The molecule has 0 spiro atoms. The predicted molar refractivity (Wildman–Crippen MR) is 123 cm³/mol. The minimum Gasteiger partial charge on any atom is -0.370 e. The molecule has 1 saturated heterocycles. The van der Waals surface area contributed by atoms with Gasteiger partial charge in [0.15, 0.2) is 16.7 Å². The van der Waals surface area contributed by atoms with Crippen molar-refractivity contribution in [1.29, 1.82) is 0 Å². The molecule has 0 bridgehead atoms. The zero-order valence-electron chi connectivity index (χ0n) is 15.5. The Kier molecular flexibility index (Phi) is 6.83. The maximum absolute atomic E-state index is 6.16. The van der Waals surface area contributed by atoms with E-state index in [9.17, 15) is 0 Å². The molecule has 0 aliphatic carbocycles. The number of aromatic nitrogens is 5. The van der Waals surface area contributed by atoms with Gasteiger partial charge in [0.25, 0.3) is 0 Å². The topological polar surface area (TPSA) is 113 Å². The first-order valence-electron chi connectivity index (χ1n) is 8.78. The van der Waals surface area contributed by atoms with E-state index < -0.39 is 0 Å². The molecule has 4 heterocycles. The Morgan fingerprint density at radius 2 is 2.07 bits per heavy atom. The lowest BCUT2D eigenvalue weighted by Crippen LogP contribution is -2.51. The normalized spacial score (nSPS) is 15.0. The van der Waals surface area contributed by atoms with Crippen LogP contribution in [0.3, 0.4) is 0 Å². The first-order chi connectivity index (χ1) is 13.2. The van der Waals surface area contributed by atoms with Gasteiger partial charge in [-0.3, -0.25) is 9.67 Å². The number of hydrogen-bond donors (Lipinski definition) is 2. The third-order valence-electron chi connectivity index (χ3n) is 4.50. The largest absolute Gasteiger partial charge is 0.370 e. The molecule has 3 aromatic rings. The minimum absolute atomic E-state index is 0. The van der Waals surface area contributed by atoms with Crippen molar-refractivity contribution in [3.05, 3.63) is 24.1 Å². The summed E-state index contributed by atoms with van der Waals surface area (Å²) in [4.78, 5) is 21.8. The highest BCUT2D eigenvalue weighted by atomic mass is 127. The number of hydrogen-bond acceptors (Lipinski definition) is 8. The SMILES string of the molecule is Cn1ncc2c(NCCN=C(N)N3CCN(c4nccs4)CC3)ncnc21.I. The number of aliphatic imine (C=N–C) groups is 1. The third-order valence-corrected chi connectivity index (χ3v) is 5.33. The van der Waals surface area contributed by atoms with Crippen LogP contribution < -0.4 is 16.0 Å². The Balaban J connectivity index is 0.00000225. The average molecular weight is 514 g/mol. The molecule has 12 heteroatoms. The van der Waals surface area contributed by atoms with Crippen LogP contribution in [0.2, 0.25) is 0 Å².